The van der Waals surface area contributed by atoms with Gasteiger partial charge in [0.1, 0.15) is 11.3 Å². The molecule has 4 aromatic rings. The molecule has 3 aromatic heterocycles. The molecule has 3 heterocycles. The maximum absolute atomic E-state index is 13.5. The summed E-state index contributed by atoms with van der Waals surface area (Å²) in [6.45, 7) is 1.71. The third kappa shape index (κ3) is 4.73. The van der Waals surface area contributed by atoms with Crippen LogP contribution in [0.15, 0.2) is 54.9 Å². The summed E-state index contributed by atoms with van der Waals surface area (Å²) in [5.74, 6) is -0.502. The molecule has 158 valence electrons. The molecule has 0 bridgehead atoms. The number of hydrogen-bond donors (Lipinski definition) is 2. The van der Waals surface area contributed by atoms with Gasteiger partial charge >= 0.3 is 0 Å². The van der Waals surface area contributed by atoms with Crippen LogP contribution in [0.3, 0.4) is 0 Å². The fraction of sp³-hybridized carbons (Fsp3) is 0.0952. The molecule has 31 heavy (non-hydrogen) atoms. The predicted molar refractivity (Wildman–Crippen MR) is 121 cm³/mol. The highest BCUT2D eigenvalue weighted by Gasteiger charge is 2.12. The summed E-state index contributed by atoms with van der Waals surface area (Å²) in [5.41, 5.74) is 4.64. The van der Waals surface area contributed by atoms with Gasteiger partial charge in [0.05, 0.1) is 39.6 Å². The number of fused-ring (bicyclic) bond motifs is 1. The minimum Gasteiger partial charge on any atom is -0.354 e. The second-order valence-corrected chi connectivity index (χ2v) is 9.06. The molecule has 0 aliphatic heterocycles. The Kier molecular flexibility index (Phi) is 5.47. The molecule has 0 saturated carbocycles. The molecule has 0 fully saturated rings. The van der Waals surface area contributed by atoms with E-state index in [1.165, 1.54) is 12.1 Å². The number of halogens is 2. The van der Waals surface area contributed by atoms with Crippen LogP contribution < -0.4 is 10.0 Å². The van der Waals surface area contributed by atoms with Crippen LogP contribution >= 0.6 is 11.6 Å². The minimum absolute atomic E-state index is 0.00801. The van der Waals surface area contributed by atoms with E-state index in [4.69, 9.17) is 16.6 Å². The second-order valence-electron chi connectivity index (χ2n) is 6.91. The van der Waals surface area contributed by atoms with Crippen molar-refractivity contribution in [3.05, 3.63) is 71.4 Å². The first kappa shape index (κ1) is 21.0. The molecular weight excluding hydrogens is 441 g/mol. The molecule has 2 N–H and O–H groups in total. The highest BCUT2D eigenvalue weighted by atomic mass is 35.5. The number of anilines is 3. The van der Waals surface area contributed by atoms with E-state index < -0.39 is 15.8 Å². The average molecular weight is 458 g/mol. The lowest BCUT2D eigenvalue weighted by Gasteiger charge is -2.12. The van der Waals surface area contributed by atoms with E-state index in [0.717, 1.165) is 6.26 Å². The quantitative estimate of drug-likeness (QED) is 0.442. The molecule has 0 saturated heterocycles. The Bertz CT molecular complexity index is 1410. The predicted octanol–water partition coefficient (Wildman–Crippen LogP) is 4.91. The Labute approximate surface area is 183 Å². The van der Waals surface area contributed by atoms with E-state index in [-0.39, 0.29) is 5.02 Å². The van der Waals surface area contributed by atoms with Crippen LogP contribution in [-0.4, -0.2) is 29.6 Å². The molecule has 0 aliphatic rings. The van der Waals surface area contributed by atoms with Crippen LogP contribution in [0.4, 0.5) is 21.5 Å². The minimum atomic E-state index is -3.45. The van der Waals surface area contributed by atoms with E-state index in [1.807, 2.05) is 6.07 Å². The number of aromatic nitrogens is 3. The Balaban J connectivity index is 1.76. The first-order chi connectivity index (χ1) is 14.7. The van der Waals surface area contributed by atoms with Crippen LogP contribution in [-0.2, 0) is 10.0 Å². The van der Waals surface area contributed by atoms with Crippen LogP contribution in [0.5, 0.6) is 0 Å². The van der Waals surface area contributed by atoms with Gasteiger partial charge in [0.15, 0.2) is 0 Å². The second kappa shape index (κ2) is 8.09. The monoisotopic (exact) mass is 457 g/mol. The van der Waals surface area contributed by atoms with Crippen molar-refractivity contribution in [1.29, 1.82) is 0 Å². The maximum atomic E-state index is 13.5. The summed E-state index contributed by atoms with van der Waals surface area (Å²) in [5, 5.41) is 3.19. The molecule has 4 rings (SSSR count). The summed E-state index contributed by atoms with van der Waals surface area (Å²) < 4.78 is 39.2. The highest BCUT2D eigenvalue weighted by molar-refractivity contribution is 7.92. The number of sulfonamides is 1. The molecule has 0 atom stereocenters. The van der Waals surface area contributed by atoms with E-state index in [1.54, 1.807) is 43.6 Å². The van der Waals surface area contributed by atoms with Crippen LogP contribution in [0.1, 0.15) is 5.69 Å². The third-order valence-electron chi connectivity index (χ3n) is 4.46. The summed E-state index contributed by atoms with van der Waals surface area (Å²) in [6.07, 6.45) is 4.34. The van der Waals surface area contributed by atoms with Gasteiger partial charge in [0.25, 0.3) is 0 Å². The van der Waals surface area contributed by atoms with Crippen molar-refractivity contribution in [2.45, 2.75) is 6.92 Å². The Hall–Kier alpha value is -3.30. The van der Waals surface area contributed by atoms with Gasteiger partial charge in [-0.1, -0.05) is 11.6 Å². The van der Waals surface area contributed by atoms with Crippen molar-refractivity contribution >= 4 is 49.7 Å². The fourth-order valence-corrected chi connectivity index (χ4v) is 3.78. The highest BCUT2D eigenvalue weighted by Crippen LogP contribution is 2.29. The van der Waals surface area contributed by atoms with Crippen molar-refractivity contribution in [2.24, 2.45) is 0 Å². The Morgan fingerprint density at radius 1 is 1.03 bits per heavy atom. The molecule has 0 spiro atoms. The normalized spacial score (nSPS) is 11.5. The first-order valence-corrected chi connectivity index (χ1v) is 11.4. The number of nitrogens with one attached hydrogen (secondary N) is 2. The topological polar surface area (TPSA) is 96.9 Å². The summed E-state index contributed by atoms with van der Waals surface area (Å²) >= 11 is 5.88. The van der Waals surface area contributed by atoms with E-state index in [0.29, 0.717) is 45.0 Å². The van der Waals surface area contributed by atoms with Gasteiger partial charge in [0, 0.05) is 23.6 Å². The van der Waals surface area contributed by atoms with Crippen molar-refractivity contribution in [3.63, 3.8) is 0 Å². The summed E-state index contributed by atoms with van der Waals surface area (Å²) in [7, 11) is -3.45. The van der Waals surface area contributed by atoms with Gasteiger partial charge < -0.3 is 5.32 Å². The molecule has 7 nitrogen and oxygen atoms in total. The Morgan fingerprint density at radius 2 is 1.84 bits per heavy atom. The number of benzene rings is 1. The van der Waals surface area contributed by atoms with Gasteiger partial charge in [-0.25, -0.2) is 17.8 Å². The fourth-order valence-electron chi connectivity index (χ4n) is 2.99. The van der Waals surface area contributed by atoms with Crippen LogP contribution in [0.2, 0.25) is 5.02 Å². The van der Waals surface area contributed by atoms with Crippen molar-refractivity contribution in [3.8, 4) is 11.3 Å². The lowest BCUT2D eigenvalue weighted by atomic mass is 10.1. The molecule has 0 aliphatic carbocycles. The Morgan fingerprint density at radius 3 is 2.58 bits per heavy atom. The SMILES string of the molecule is Cc1ncc(-c2ccc3nccc(Nc4ccc(F)c(Cl)c4)c3n2)cc1NS(C)(=O)=O. The number of rotatable bonds is 5. The first-order valence-electron chi connectivity index (χ1n) is 9.12. The van der Waals surface area contributed by atoms with Crippen molar-refractivity contribution in [1.82, 2.24) is 15.0 Å². The lowest BCUT2D eigenvalue weighted by Crippen LogP contribution is -2.11. The van der Waals surface area contributed by atoms with E-state index in [9.17, 15) is 12.8 Å². The number of nitrogens with zero attached hydrogens (tertiary/aromatic N) is 3. The molecule has 0 radical (unpaired) electrons. The zero-order chi connectivity index (χ0) is 22.2. The molecular formula is C21H17ClFN5O2S. The smallest absolute Gasteiger partial charge is 0.229 e. The molecule has 10 heteroatoms. The van der Waals surface area contributed by atoms with Gasteiger partial charge in [-0.2, -0.15) is 0 Å². The number of pyridine rings is 3. The summed E-state index contributed by atoms with van der Waals surface area (Å²) in [4.78, 5) is 13.3. The maximum Gasteiger partial charge on any atom is 0.229 e. The molecule has 1 aromatic carbocycles. The van der Waals surface area contributed by atoms with Gasteiger partial charge in [-0.05, 0) is 49.4 Å². The van der Waals surface area contributed by atoms with Crippen LogP contribution in [0, 0.1) is 12.7 Å². The third-order valence-corrected chi connectivity index (χ3v) is 5.34. The summed E-state index contributed by atoms with van der Waals surface area (Å²) in [6, 6.07) is 11.4. The largest absolute Gasteiger partial charge is 0.354 e. The van der Waals surface area contributed by atoms with E-state index in [2.05, 4.69) is 20.0 Å². The van der Waals surface area contributed by atoms with Gasteiger partial charge in [-0.15, -0.1) is 0 Å². The van der Waals surface area contributed by atoms with Crippen molar-refractivity contribution < 1.29 is 12.8 Å². The number of aryl methyl sites for hydroxylation is 1. The van der Waals surface area contributed by atoms with Gasteiger partial charge in [-0.3, -0.25) is 14.7 Å². The standard InChI is InChI=1S/C21H17ClFN5O2S/c1-12-20(28-31(2,29)30)9-13(11-25-12)17-5-6-18-21(27-17)19(7-8-24-18)26-14-3-4-16(23)15(22)10-14/h3-11,28H,1-2H3,(H,24,26). The zero-order valence-electron chi connectivity index (χ0n) is 16.5. The lowest BCUT2D eigenvalue weighted by molar-refractivity contribution is 0.606. The zero-order valence-corrected chi connectivity index (χ0v) is 18.1. The van der Waals surface area contributed by atoms with Gasteiger partial charge in [0.2, 0.25) is 10.0 Å². The molecule has 0 unspecified atom stereocenters. The van der Waals surface area contributed by atoms with Crippen LogP contribution in [0.25, 0.3) is 22.3 Å². The molecule has 0 amide bonds. The van der Waals surface area contributed by atoms with Crippen molar-refractivity contribution in [2.75, 3.05) is 16.3 Å². The van der Waals surface area contributed by atoms with E-state index >= 15 is 0 Å². The number of hydrogen-bond acceptors (Lipinski definition) is 6. The average Bonchev–Trinajstić information content (AvgIpc) is 2.71.